The number of carbonyl (C=O) groups is 2. The smallest absolute Gasteiger partial charge is 0.330 e. The van der Waals surface area contributed by atoms with Gasteiger partial charge in [0.2, 0.25) is 0 Å². The molecule has 5 nitrogen and oxygen atoms in total. The van der Waals surface area contributed by atoms with E-state index >= 15 is 0 Å². The minimum atomic E-state index is -1.61. The van der Waals surface area contributed by atoms with Gasteiger partial charge in [0.1, 0.15) is 18.8 Å². The van der Waals surface area contributed by atoms with Gasteiger partial charge in [0.15, 0.2) is 5.78 Å². The summed E-state index contributed by atoms with van der Waals surface area (Å²) < 4.78 is 4.90. The molecule has 38 heavy (non-hydrogen) atoms. The van der Waals surface area contributed by atoms with Crippen LogP contribution in [0.3, 0.4) is 0 Å². The van der Waals surface area contributed by atoms with Gasteiger partial charge in [0, 0.05) is 6.08 Å². The second kappa shape index (κ2) is 27.5. The predicted octanol–water partition coefficient (Wildman–Crippen LogP) is 7.66. The zero-order valence-corrected chi connectivity index (χ0v) is 23.8. The molecule has 0 heterocycles. The molecule has 0 bridgehead atoms. The number of unbranched alkanes of at least 4 members (excludes halogenated alkanes) is 12. The number of ketones is 1. The Morgan fingerprint density at radius 3 is 1.66 bits per heavy atom. The summed E-state index contributed by atoms with van der Waals surface area (Å²) in [4.78, 5) is 23.7. The molecule has 0 aliphatic rings. The Bertz CT molecular complexity index is 757. The number of ether oxygens (including phenoxy) is 1. The highest BCUT2D eigenvalue weighted by Gasteiger charge is 2.23. The van der Waals surface area contributed by atoms with Crippen LogP contribution in [0.5, 0.6) is 0 Å². The third-order valence-electron chi connectivity index (χ3n) is 5.93. The van der Waals surface area contributed by atoms with Crippen LogP contribution in [0, 0.1) is 0 Å². The summed E-state index contributed by atoms with van der Waals surface area (Å²) in [5.74, 6) is -1.25. The van der Waals surface area contributed by atoms with Crippen molar-refractivity contribution in [3.8, 4) is 0 Å². The highest BCUT2D eigenvalue weighted by Crippen LogP contribution is 2.09. The Hall–Kier alpha value is -2.50. The minimum absolute atomic E-state index is 0.457. The van der Waals surface area contributed by atoms with Crippen molar-refractivity contribution in [3.05, 3.63) is 72.9 Å². The summed E-state index contributed by atoms with van der Waals surface area (Å²) >= 11 is 0. The van der Waals surface area contributed by atoms with E-state index in [-0.39, 0.29) is 0 Å². The predicted molar refractivity (Wildman–Crippen MR) is 159 cm³/mol. The molecule has 0 aliphatic carbocycles. The zero-order chi connectivity index (χ0) is 28.1. The lowest BCUT2D eigenvalue weighted by molar-refractivity contribution is -0.146. The van der Waals surface area contributed by atoms with Gasteiger partial charge in [-0.2, -0.15) is 0 Å². The van der Waals surface area contributed by atoms with Gasteiger partial charge in [-0.1, -0.05) is 139 Å². The first-order valence-electron chi connectivity index (χ1n) is 14.6. The molecule has 0 saturated heterocycles. The van der Waals surface area contributed by atoms with E-state index < -0.39 is 30.6 Å². The second-order valence-corrected chi connectivity index (χ2v) is 9.50. The van der Waals surface area contributed by atoms with Gasteiger partial charge in [-0.15, -0.1) is 0 Å². The second-order valence-electron chi connectivity index (χ2n) is 9.50. The number of aliphatic hydroxyl groups is 2. The lowest BCUT2D eigenvalue weighted by atomic mass is 10.1. The molecule has 0 amide bonds. The molecule has 0 aliphatic heterocycles. The number of hydrogen-bond acceptors (Lipinski definition) is 5. The van der Waals surface area contributed by atoms with E-state index in [2.05, 4.69) is 26.0 Å². The molecule has 0 saturated carbocycles. The molecule has 0 spiro atoms. The van der Waals surface area contributed by atoms with Gasteiger partial charge in [0.25, 0.3) is 0 Å². The van der Waals surface area contributed by atoms with Crippen molar-refractivity contribution in [1.82, 2.24) is 0 Å². The largest absolute Gasteiger partial charge is 0.460 e. The van der Waals surface area contributed by atoms with Crippen LogP contribution in [0.15, 0.2) is 72.9 Å². The van der Waals surface area contributed by atoms with Crippen molar-refractivity contribution in [2.24, 2.45) is 0 Å². The summed E-state index contributed by atoms with van der Waals surface area (Å²) in [5.41, 5.74) is 0. The molecule has 2 atom stereocenters. The van der Waals surface area contributed by atoms with Crippen molar-refractivity contribution < 1.29 is 24.5 Å². The average Bonchev–Trinajstić information content (AvgIpc) is 2.92. The van der Waals surface area contributed by atoms with E-state index in [9.17, 15) is 19.8 Å². The molecule has 0 radical (unpaired) electrons. The van der Waals surface area contributed by atoms with E-state index in [1.54, 1.807) is 18.2 Å². The average molecular weight is 529 g/mol. The Balaban J connectivity index is 3.97. The first-order valence-corrected chi connectivity index (χ1v) is 14.6. The van der Waals surface area contributed by atoms with Crippen LogP contribution < -0.4 is 0 Å². The van der Waals surface area contributed by atoms with Gasteiger partial charge in [-0.3, -0.25) is 4.79 Å². The molecule has 0 aromatic heterocycles. The molecule has 0 rings (SSSR count). The molecule has 0 aromatic rings. The van der Waals surface area contributed by atoms with Crippen LogP contribution in [0.2, 0.25) is 0 Å². The maximum Gasteiger partial charge on any atom is 0.330 e. The number of esters is 1. The SMILES string of the molecule is CCCCCCCC=CC(=O)C(O)C(O)COC(=O)C=CC=CC=CC=CC=CCCCCCCCCC. The summed E-state index contributed by atoms with van der Waals surface area (Å²) in [5, 5.41) is 19.8. The van der Waals surface area contributed by atoms with E-state index in [0.717, 1.165) is 25.7 Å². The Labute approximate surface area is 231 Å². The molecule has 214 valence electrons. The monoisotopic (exact) mass is 528 g/mol. The number of carbonyl (C=O) groups excluding carboxylic acids is 2. The molecule has 2 N–H and O–H groups in total. The van der Waals surface area contributed by atoms with Gasteiger partial charge in [0.05, 0.1) is 0 Å². The lowest BCUT2D eigenvalue weighted by Crippen LogP contribution is -2.36. The number of rotatable bonds is 24. The molecular formula is C33H52O5. The summed E-state index contributed by atoms with van der Waals surface area (Å²) in [6.07, 6.45) is 34.9. The normalized spacial score (nSPS) is 14.2. The summed E-state index contributed by atoms with van der Waals surface area (Å²) in [6.45, 7) is 3.94. The fraction of sp³-hybridized carbons (Fsp3) is 0.576. The van der Waals surface area contributed by atoms with Crippen molar-refractivity contribution in [2.75, 3.05) is 6.61 Å². The highest BCUT2D eigenvalue weighted by atomic mass is 16.5. The fourth-order valence-electron chi connectivity index (χ4n) is 3.57. The Morgan fingerprint density at radius 1 is 0.605 bits per heavy atom. The van der Waals surface area contributed by atoms with E-state index in [1.165, 1.54) is 82.4 Å². The molecular weight excluding hydrogens is 476 g/mol. The van der Waals surface area contributed by atoms with Crippen LogP contribution >= 0.6 is 0 Å². The fourth-order valence-corrected chi connectivity index (χ4v) is 3.57. The third kappa shape index (κ3) is 23.9. The first kappa shape index (κ1) is 35.5. The minimum Gasteiger partial charge on any atom is -0.460 e. The van der Waals surface area contributed by atoms with Crippen molar-refractivity contribution >= 4 is 11.8 Å². The number of aliphatic hydroxyl groups excluding tert-OH is 2. The van der Waals surface area contributed by atoms with Crippen molar-refractivity contribution in [1.29, 1.82) is 0 Å². The van der Waals surface area contributed by atoms with Gasteiger partial charge in [-0.05, 0) is 31.8 Å². The van der Waals surface area contributed by atoms with Crippen LogP contribution in [0.1, 0.15) is 104 Å². The van der Waals surface area contributed by atoms with Crippen molar-refractivity contribution in [2.45, 2.75) is 116 Å². The lowest BCUT2D eigenvalue weighted by Gasteiger charge is -2.14. The third-order valence-corrected chi connectivity index (χ3v) is 5.93. The Morgan fingerprint density at radius 2 is 1.08 bits per heavy atom. The van der Waals surface area contributed by atoms with Crippen molar-refractivity contribution in [3.63, 3.8) is 0 Å². The van der Waals surface area contributed by atoms with Gasteiger partial charge >= 0.3 is 5.97 Å². The summed E-state index contributed by atoms with van der Waals surface area (Å²) in [7, 11) is 0. The van der Waals surface area contributed by atoms with Gasteiger partial charge < -0.3 is 14.9 Å². The first-order chi connectivity index (χ1) is 18.5. The molecule has 2 unspecified atom stereocenters. The molecule has 0 fully saturated rings. The topological polar surface area (TPSA) is 83.8 Å². The zero-order valence-electron chi connectivity index (χ0n) is 23.8. The van der Waals surface area contributed by atoms with Crippen LogP contribution in [0.25, 0.3) is 0 Å². The van der Waals surface area contributed by atoms with E-state index in [1.807, 2.05) is 24.3 Å². The maximum absolute atomic E-state index is 11.9. The van der Waals surface area contributed by atoms with Crippen LogP contribution in [0.4, 0.5) is 0 Å². The maximum atomic E-state index is 11.9. The number of allylic oxidation sites excluding steroid dienone is 10. The number of hydrogen-bond donors (Lipinski definition) is 2. The van der Waals surface area contributed by atoms with Crippen LogP contribution in [-0.2, 0) is 14.3 Å². The summed E-state index contributed by atoms with van der Waals surface area (Å²) in [6, 6.07) is 0. The quantitative estimate of drug-likeness (QED) is 0.0581. The highest BCUT2D eigenvalue weighted by molar-refractivity contribution is 5.93. The molecule has 0 aromatic carbocycles. The standard InChI is InChI=1S/C33H52O5/c1-3-5-7-9-11-12-13-14-15-16-17-18-19-20-22-24-26-28-32(36)38-29-31(35)33(37)30(34)27-25-23-21-10-8-6-4-2/h15-20,22,24-28,31,33,35,37H,3-14,21,23,29H2,1-2H3. The van der Waals surface area contributed by atoms with E-state index in [4.69, 9.17) is 4.74 Å². The van der Waals surface area contributed by atoms with Crippen LogP contribution in [-0.4, -0.2) is 40.8 Å². The molecule has 5 heteroatoms. The van der Waals surface area contributed by atoms with E-state index in [0.29, 0.717) is 0 Å². The van der Waals surface area contributed by atoms with Gasteiger partial charge in [-0.25, -0.2) is 4.79 Å². The Kier molecular flexibility index (Phi) is 25.7.